The zero-order valence-corrected chi connectivity index (χ0v) is 16.8. The van der Waals surface area contributed by atoms with Crippen LogP contribution in [0.4, 0.5) is 5.69 Å². The highest BCUT2D eigenvalue weighted by atomic mass is 16.5. The van der Waals surface area contributed by atoms with Crippen LogP contribution in [0.2, 0.25) is 0 Å². The molecule has 4 aromatic rings. The SMILES string of the molecule is CCOc1ccc(NCC(=O)NN=Cc2c3ccccc3cc3ccccc23)cc1. The fraction of sp³-hybridized carbons (Fsp3) is 0.120. The lowest BCUT2D eigenvalue weighted by Crippen LogP contribution is -2.25. The van der Waals surface area contributed by atoms with Crippen molar-refractivity contribution in [2.24, 2.45) is 5.10 Å². The van der Waals surface area contributed by atoms with E-state index in [4.69, 9.17) is 4.74 Å². The van der Waals surface area contributed by atoms with Crippen LogP contribution in [0.5, 0.6) is 5.75 Å². The smallest absolute Gasteiger partial charge is 0.259 e. The summed E-state index contributed by atoms with van der Waals surface area (Å²) in [6.45, 7) is 2.69. The van der Waals surface area contributed by atoms with Gasteiger partial charge >= 0.3 is 0 Å². The Bertz CT molecular complexity index is 1150. The van der Waals surface area contributed by atoms with Gasteiger partial charge in [-0.3, -0.25) is 4.79 Å². The molecule has 0 saturated carbocycles. The van der Waals surface area contributed by atoms with E-state index in [9.17, 15) is 4.79 Å². The monoisotopic (exact) mass is 397 g/mol. The Labute approximate surface area is 175 Å². The van der Waals surface area contributed by atoms with Crippen LogP contribution >= 0.6 is 0 Å². The molecule has 4 rings (SSSR count). The quantitative estimate of drug-likeness (QED) is 0.263. The van der Waals surface area contributed by atoms with Crippen LogP contribution in [0.15, 0.2) is 84.0 Å². The first-order chi connectivity index (χ1) is 14.7. The molecule has 0 radical (unpaired) electrons. The van der Waals surface area contributed by atoms with Gasteiger partial charge in [-0.15, -0.1) is 0 Å². The highest BCUT2D eigenvalue weighted by Gasteiger charge is 2.06. The molecule has 5 nitrogen and oxygen atoms in total. The lowest BCUT2D eigenvalue weighted by Gasteiger charge is -2.08. The minimum absolute atomic E-state index is 0.127. The highest BCUT2D eigenvalue weighted by molar-refractivity contribution is 6.13. The molecule has 0 saturated heterocycles. The molecule has 4 aromatic carbocycles. The second-order valence-corrected chi connectivity index (χ2v) is 6.84. The number of fused-ring (bicyclic) bond motifs is 2. The van der Waals surface area contributed by atoms with Gasteiger partial charge in [0.25, 0.3) is 5.91 Å². The maximum absolute atomic E-state index is 12.2. The van der Waals surface area contributed by atoms with Gasteiger partial charge in [-0.05, 0) is 58.8 Å². The van der Waals surface area contributed by atoms with Crippen LogP contribution in [0.1, 0.15) is 12.5 Å². The first-order valence-electron chi connectivity index (χ1n) is 9.94. The Kier molecular flexibility index (Phi) is 5.90. The average molecular weight is 397 g/mol. The summed E-state index contributed by atoms with van der Waals surface area (Å²) in [5, 5.41) is 11.8. The molecule has 30 heavy (non-hydrogen) atoms. The van der Waals surface area contributed by atoms with Crippen LogP contribution in [0, 0.1) is 0 Å². The van der Waals surface area contributed by atoms with Crippen molar-refractivity contribution in [3.63, 3.8) is 0 Å². The van der Waals surface area contributed by atoms with Crippen molar-refractivity contribution in [1.82, 2.24) is 5.43 Å². The number of benzene rings is 4. The molecule has 0 fully saturated rings. The highest BCUT2D eigenvalue weighted by Crippen LogP contribution is 2.27. The number of carbonyl (C=O) groups excluding carboxylic acids is 1. The fourth-order valence-corrected chi connectivity index (χ4v) is 3.41. The predicted octanol–water partition coefficient (Wildman–Crippen LogP) is 4.95. The first-order valence-corrected chi connectivity index (χ1v) is 9.94. The summed E-state index contributed by atoms with van der Waals surface area (Å²) >= 11 is 0. The molecule has 0 aliphatic carbocycles. The summed E-state index contributed by atoms with van der Waals surface area (Å²) in [4.78, 5) is 12.2. The summed E-state index contributed by atoms with van der Waals surface area (Å²) in [6.07, 6.45) is 1.72. The normalized spacial score (nSPS) is 11.1. The van der Waals surface area contributed by atoms with E-state index in [1.807, 2.05) is 55.5 Å². The fourth-order valence-electron chi connectivity index (χ4n) is 3.41. The third-order valence-corrected chi connectivity index (χ3v) is 4.81. The van der Waals surface area contributed by atoms with Crippen LogP contribution in [-0.2, 0) is 4.79 Å². The molecule has 0 aliphatic rings. The van der Waals surface area contributed by atoms with Crippen molar-refractivity contribution in [2.45, 2.75) is 6.92 Å². The summed E-state index contributed by atoms with van der Waals surface area (Å²) in [5.41, 5.74) is 4.44. The van der Waals surface area contributed by atoms with Gasteiger partial charge in [-0.2, -0.15) is 5.10 Å². The number of rotatable bonds is 7. The lowest BCUT2D eigenvalue weighted by atomic mass is 9.97. The number of nitrogens with one attached hydrogen (secondary N) is 2. The molecule has 0 atom stereocenters. The Hall–Kier alpha value is -3.86. The summed E-state index contributed by atoms with van der Waals surface area (Å²) in [5.74, 6) is 0.587. The molecule has 0 aliphatic heterocycles. The number of amides is 1. The number of hydrogen-bond donors (Lipinski definition) is 2. The number of hydrazone groups is 1. The van der Waals surface area contributed by atoms with Crippen molar-refractivity contribution >= 4 is 39.4 Å². The average Bonchev–Trinajstić information content (AvgIpc) is 2.78. The largest absolute Gasteiger partial charge is 0.494 e. The molecular formula is C25H23N3O2. The summed E-state index contributed by atoms with van der Waals surface area (Å²) in [6, 6.07) is 26.0. The van der Waals surface area contributed by atoms with Gasteiger partial charge in [0.05, 0.1) is 19.4 Å². The number of carbonyl (C=O) groups is 1. The van der Waals surface area contributed by atoms with E-state index in [0.717, 1.165) is 38.5 Å². The van der Waals surface area contributed by atoms with Crippen LogP contribution < -0.4 is 15.5 Å². The van der Waals surface area contributed by atoms with Gasteiger partial charge in [0, 0.05) is 11.3 Å². The van der Waals surface area contributed by atoms with Gasteiger partial charge in [-0.25, -0.2) is 5.43 Å². The molecule has 150 valence electrons. The zero-order chi connectivity index (χ0) is 20.8. The van der Waals surface area contributed by atoms with Gasteiger partial charge in [0.15, 0.2) is 0 Å². The minimum Gasteiger partial charge on any atom is -0.494 e. The van der Waals surface area contributed by atoms with E-state index in [1.54, 1.807) is 6.21 Å². The Morgan fingerprint density at radius 2 is 1.57 bits per heavy atom. The first kappa shape index (κ1) is 19.5. The van der Waals surface area contributed by atoms with E-state index in [2.05, 4.69) is 46.2 Å². The van der Waals surface area contributed by atoms with Gasteiger partial charge < -0.3 is 10.1 Å². The van der Waals surface area contributed by atoms with Crippen LogP contribution in [-0.4, -0.2) is 25.3 Å². The topological polar surface area (TPSA) is 62.7 Å². The van der Waals surface area contributed by atoms with E-state index < -0.39 is 0 Å². The van der Waals surface area contributed by atoms with Crippen molar-refractivity contribution in [2.75, 3.05) is 18.5 Å². The third kappa shape index (κ3) is 4.41. The van der Waals surface area contributed by atoms with Crippen molar-refractivity contribution in [3.05, 3.63) is 84.4 Å². The predicted molar refractivity (Wildman–Crippen MR) is 123 cm³/mol. The maximum Gasteiger partial charge on any atom is 0.259 e. The van der Waals surface area contributed by atoms with E-state index in [0.29, 0.717) is 6.61 Å². The van der Waals surface area contributed by atoms with Gasteiger partial charge in [0.2, 0.25) is 0 Å². The molecule has 5 heteroatoms. The number of hydrogen-bond acceptors (Lipinski definition) is 4. The Morgan fingerprint density at radius 3 is 2.20 bits per heavy atom. The Balaban J connectivity index is 1.45. The third-order valence-electron chi connectivity index (χ3n) is 4.81. The van der Waals surface area contributed by atoms with E-state index in [-0.39, 0.29) is 12.5 Å². The molecule has 0 heterocycles. The number of anilines is 1. The van der Waals surface area contributed by atoms with Crippen LogP contribution in [0.25, 0.3) is 21.5 Å². The van der Waals surface area contributed by atoms with Crippen LogP contribution in [0.3, 0.4) is 0 Å². The maximum atomic E-state index is 12.2. The molecule has 2 N–H and O–H groups in total. The summed E-state index contributed by atoms with van der Waals surface area (Å²) < 4.78 is 5.42. The second-order valence-electron chi connectivity index (χ2n) is 6.84. The zero-order valence-electron chi connectivity index (χ0n) is 16.8. The van der Waals surface area contributed by atoms with Crippen molar-refractivity contribution < 1.29 is 9.53 Å². The molecule has 1 amide bonds. The van der Waals surface area contributed by atoms with E-state index in [1.165, 1.54) is 0 Å². The van der Waals surface area contributed by atoms with Crippen molar-refractivity contribution in [1.29, 1.82) is 0 Å². The minimum atomic E-state index is -0.218. The molecule has 0 aromatic heterocycles. The lowest BCUT2D eigenvalue weighted by molar-refractivity contribution is -0.119. The van der Waals surface area contributed by atoms with Gasteiger partial charge in [0.1, 0.15) is 5.75 Å². The number of ether oxygens (including phenoxy) is 1. The molecule has 0 bridgehead atoms. The molecule has 0 spiro atoms. The standard InChI is InChI=1S/C25H23N3O2/c1-2-30-21-13-11-20(12-14-21)26-17-25(29)28-27-16-24-22-9-5-3-7-18(22)15-19-8-4-6-10-23(19)24/h3-16,26H,2,17H2,1H3,(H,28,29). The van der Waals surface area contributed by atoms with E-state index >= 15 is 0 Å². The molecular weight excluding hydrogens is 374 g/mol. The molecule has 0 unspecified atom stereocenters. The Morgan fingerprint density at radius 1 is 0.933 bits per heavy atom. The summed E-state index contributed by atoms with van der Waals surface area (Å²) in [7, 11) is 0. The van der Waals surface area contributed by atoms with Crippen molar-refractivity contribution in [3.8, 4) is 5.75 Å². The second kappa shape index (κ2) is 9.09. The van der Waals surface area contributed by atoms with Gasteiger partial charge in [-0.1, -0.05) is 48.5 Å². The number of nitrogens with zero attached hydrogens (tertiary/aromatic N) is 1.